The van der Waals surface area contributed by atoms with E-state index < -0.39 is 0 Å². The Kier molecular flexibility index (Phi) is 3.81. The molecule has 2 aliphatic heterocycles. The number of hydrogen-bond acceptors (Lipinski definition) is 7. The molecule has 1 amide bonds. The van der Waals surface area contributed by atoms with Crippen LogP contribution in [-0.2, 0) is 14.9 Å². The predicted octanol–water partition coefficient (Wildman–Crippen LogP) is 0.610. The Labute approximate surface area is 145 Å². The second-order valence-electron chi connectivity index (χ2n) is 7.28. The first-order valence-electron chi connectivity index (χ1n) is 8.35. The minimum Gasteiger partial charge on any atom is -0.419 e. The summed E-state index contributed by atoms with van der Waals surface area (Å²) in [5, 5.41) is 11.4. The van der Waals surface area contributed by atoms with Gasteiger partial charge in [0.15, 0.2) is 0 Å². The number of hydrogen-bond donors (Lipinski definition) is 1. The molecule has 8 nitrogen and oxygen atoms in total. The summed E-state index contributed by atoms with van der Waals surface area (Å²) in [6.45, 7) is 6.81. The topological polar surface area (TPSA) is 93.4 Å². The number of ether oxygens (including phenoxy) is 1. The summed E-state index contributed by atoms with van der Waals surface area (Å²) in [6.07, 6.45) is 1.68. The van der Waals surface area contributed by atoms with Gasteiger partial charge < -0.3 is 19.4 Å². The molecule has 0 aromatic carbocycles. The van der Waals surface area contributed by atoms with Crippen molar-refractivity contribution in [1.82, 2.24) is 25.4 Å². The Morgan fingerprint density at radius 1 is 1.32 bits per heavy atom. The average molecular weight is 343 g/mol. The Morgan fingerprint density at radius 2 is 2.12 bits per heavy atom. The van der Waals surface area contributed by atoms with Crippen LogP contribution in [0.3, 0.4) is 0 Å². The standard InChI is InChI=1S/C17H21N5O3/c1-16(15-21-20-14(25-15)12-5-3-4-6-19-12)10-22(11-16)13(23)7-24-17(2)8-18-9-17/h3-6,18H,7-11H2,1-2H3. The fraction of sp³-hybridized carbons (Fsp3) is 0.529. The molecule has 2 fully saturated rings. The van der Waals surface area contributed by atoms with Crippen LogP contribution in [0.1, 0.15) is 19.7 Å². The van der Waals surface area contributed by atoms with Crippen molar-refractivity contribution in [3.63, 3.8) is 0 Å². The highest BCUT2D eigenvalue weighted by Gasteiger charge is 2.47. The van der Waals surface area contributed by atoms with Crippen LogP contribution in [0.15, 0.2) is 28.8 Å². The van der Waals surface area contributed by atoms with Gasteiger partial charge in [0, 0.05) is 32.4 Å². The SMILES string of the molecule is CC1(OCC(=O)N2CC(C)(c3nnc(-c4ccccn4)o3)C2)CNC1. The van der Waals surface area contributed by atoms with Gasteiger partial charge in [-0.3, -0.25) is 9.78 Å². The van der Waals surface area contributed by atoms with Crippen molar-refractivity contribution in [1.29, 1.82) is 0 Å². The van der Waals surface area contributed by atoms with Crippen molar-refractivity contribution in [2.75, 3.05) is 32.8 Å². The maximum Gasteiger partial charge on any atom is 0.266 e. The van der Waals surface area contributed by atoms with Crippen molar-refractivity contribution in [2.24, 2.45) is 0 Å². The molecule has 4 rings (SSSR count). The average Bonchev–Trinajstić information content (AvgIpc) is 3.06. The maximum atomic E-state index is 12.3. The zero-order valence-corrected chi connectivity index (χ0v) is 14.4. The number of nitrogens with zero attached hydrogens (tertiary/aromatic N) is 4. The lowest BCUT2D eigenvalue weighted by Crippen LogP contribution is -2.63. The number of carbonyl (C=O) groups excluding carboxylic acids is 1. The van der Waals surface area contributed by atoms with Crippen LogP contribution in [0.25, 0.3) is 11.6 Å². The van der Waals surface area contributed by atoms with Gasteiger partial charge in [0.25, 0.3) is 5.89 Å². The Bertz CT molecular complexity index is 766. The van der Waals surface area contributed by atoms with E-state index >= 15 is 0 Å². The molecule has 0 spiro atoms. The van der Waals surface area contributed by atoms with E-state index in [0.29, 0.717) is 30.6 Å². The number of pyridine rings is 1. The van der Waals surface area contributed by atoms with Gasteiger partial charge in [-0.2, -0.15) is 0 Å². The predicted molar refractivity (Wildman–Crippen MR) is 88.7 cm³/mol. The van der Waals surface area contributed by atoms with E-state index in [9.17, 15) is 4.79 Å². The van der Waals surface area contributed by atoms with Crippen molar-refractivity contribution in [3.8, 4) is 11.6 Å². The van der Waals surface area contributed by atoms with E-state index in [2.05, 4.69) is 20.5 Å². The number of carbonyl (C=O) groups is 1. The monoisotopic (exact) mass is 343 g/mol. The van der Waals surface area contributed by atoms with Gasteiger partial charge >= 0.3 is 0 Å². The first-order chi connectivity index (χ1) is 12.0. The summed E-state index contributed by atoms with van der Waals surface area (Å²) in [5.74, 6) is 0.929. The maximum absolute atomic E-state index is 12.3. The lowest BCUT2D eigenvalue weighted by molar-refractivity contribution is -0.153. The van der Waals surface area contributed by atoms with Crippen LogP contribution in [0, 0.1) is 0 Å². The molecule has 25 heavy (non-hydrogen) atoms. The molecule has 2 aliphatic rings. The Hall–Kier alpha value is -2.32. The van der Waals surface area contributed by atoms with Crippen LogP contribution in [-0.4, -0.2) is 64.4 Å². The number of nitrogens with one attached hydrogen (secondary N) is 1. The highest BCUT2D eigenvalue weighted by Crippen LogP contribution is 2.34. The van der Waals surface area contributed by atoms with Crippen molar-refractivity contribution < 1.29 is 13.9 Å². The summed E-state index contributed by atoms with van der Waals surface area (Å²) in [4.78, 5) is 18.2. The molecule has 0 unspecified atom stereocenters. The quantitative estimate of drug-likeness (QED) is 0.850. The van der Waals surface area contributed by atoms with Crippen molar-refractivity contribution in [2.45, 2.75) is 24.9 Å². The molecule has 132 valence electrons. The normalized spacial score (nSPS) is 20.6. The highest BCUT2D eigenvalue weighted by atomic mass is 16.5. The molecule has 2 aromatic heterocycles. The van der Waals surface area contributed by atoms with Gasteiger partial charge in [0.2, 0.25) is 11.8 Å². The molecule has 8 heteroatoms. The Balaban J connectivity index is 1.35. The van der Waals surface area contributed by atoms with E-state index in [-0.39, 0.29) is 23.5 Å². The van der Waals surface area contributed by atoms with E-state index in [1.165, 1.54) is 0 Å². The molecular weight excluding hydrogens is 322 g/mol. The Morgan fingerprint density at radius 3 is 2.76 bits per heavy atom. The van der Waals surface area contributed by atoms with E-state index in [4.69, 9.17) is 9.15 Å². The van der Waals surface area contributed by atoms with E-state index in [1.807, 2.05) is 32.0 Å². The van der Waals surface area contributed by atoms with E-state index in [0.717, 1.165) is 13.1 Å². The molecule has 2 aromatic rings. The summed E-state index contributed by atoms with van der Waals surface area (Å²) < 4.78 is 11.5. The fourth-order valence-corrected chi connectivity index (χ4v) is 3.07. The summed E-state index contributed by atoms with van der Waals surface area (Å²) >= 11 is 0. The smallest absolute Gasteiger partial charge is 0.266 e. The van der Waals surface area contributed by atoms with Crippen LogP contribution in [0.2, 0.25) is 0 Å². The molecule has 4 heterocycles. The number of likely N-dealkylation sites (tertiary alicyclic amines) is 1. The lowest BCUT2D eigenvalue weighted by Gasteiger charge is -2.46. The molecule has 0 radical (unpaired) electrons. The second-order valence-corrected chi connectivity index (χ2v) is 7.28. The van der Waals surface area contributed by atoms with Crippen LogP contribution in [0.4, 0.5) is 0 Å². The highest BCUT2D eigenvalue weighted by molar-refractivity contribution is 5.78. The van der Waals surface area contributed by atoms with Gasteiger partial charge in [0.1, 0.15) is 12.3 Å². The zero-order chi connectivity index (χ0) is 17.5. The number of amides is 1. The molecule has 1 N–H and O–H groups in total. The fourth-order valence-electron chi connectivity index (χ4n) is 3.07. The van der Waals surface area contributed by atoms with Crippen LogP contribution >= 0.6 is 0 Å². The third-order valence-electron chi connectivity index (χ3n) is 4.80. The van der Waals surface area contributed by atoms with Gasteiger partial charge in [0.05, 0.1) is 11.0 Å². The molecular formula is C17H21N5O3. The molecule has 2 saturated heterocycles. The molecule has 0 aliphatic carbocycles. The van der Waals surface area contributed by atoms with E-state index in [1.54, 1.807) is 11.1 Å². The van der Waals surface area contributed by atoms with Crippen LogP contribution < -0.4 is 5.32 Å². The lowest BCUT2D eigenvalue weighted by atomic mass is 9.82. The largest absolute Gasteiger partial charge is 0.419 e. The van der Waals surface area contributed by atoms with Gasteiger partial charge in [-0.25, -0.2) is 0 Å². The number of rotatable bonds is 5. The second kappa shape index (κ2) is 5.89. The minimum atomic E-state index is -0.322. The zero-order valence-electron chi connectivity index (χ0n) is 14.4. The first-order valence-corrected chi connectivity index (χ1v) is 8.35. The molecule has 0 atom stereocenters. The minimum absolute atomic E-state index is 0.00457. The van der Waals surface area contributed by atoms with Gasteiger partial charge in [-0.05, 0) is 26.0 Å². The van der Waals surface area contributed by atoms with Gasteiger partial charge in [-0.15, -0.1) is 10.2 Å². The first kappa shape index (κ1) is 16.2. The summed E-state index contributed by atoms with van der Waals surface area (Å²) in [7, 11) is 0. The summed E-state index contributed by atoms with van der Waals surface area (Å²) in [6, 6.07) is 5.53. The van der Waals surface area contributed by atoms with Crippen LogP contribution in [0.5, 0.6) is 0 Å². The molecule has 0 bridgehead atoms. The molecule has 0 saturated carbocycles. The third-order valence-corrected chi connectivity index (χ3v) is 4.80. The van der Waals surface area contributed by atoms with Gasteiger partial charge in [-0.1, -0.05) is 6.07 Å². The van der Waals surface area contributed by atoms with Crippen molar-refractivity contribution >= 4 is 5.91 Å². The summed E-state index contributed by atoms with van der Waals surface area (Å²) in [5.41, 5.74) is 0.110. The van der Waals surface area contributed by atoms with Crippen molar-refractivity contribution in [3.05, 3.63) is 30.3 Å². The number of aromatic nitrogens is 3. The third kappa shape index (κ3) is 3.03.